The predicted molar refractivity (Wildman–Crippen MR) is 50.5 cm³/mol. The Morgan fingerprint density at radius 3 is 1.88 bits per heavy atom. The van der Waals surface area contributed by atoms with Crippen molar-refractivity contribution in [1.82, 2.24) is 0 Å². The van der Waals surface area contributed by atoms with Crippen molar-refractivity contribution in [2.75, 3.05) is 7.11 Å². The number of carbonyl (C=O) groups is 1. The number of nitro groups is 2. The Hall–Kier alpha value is -2.71. The molecule has 0 aliphatic rings. The van der Waals surface area contributed by atoms with Gasteiger partial charge >= 0.3 is 5.97 Å². The molecule has 0 saturated heterocycles. The lowest BCUT2D eigenvalue weighted by molar-refractivity contribution is -0.416. The van der Waals surface area contributed by atoms with E-state index in [0.717, 1.165) is 7.11 Å². The molecular formula is C8H5N2O7-. The zero-order valence-corrected chi connectivity index (χ0v) is 8.41. The average molecular weight is 241 g/mol. The summed E-state index contributed by atoms with van der Waals surface area (Å²) in [7, 11) is 1.01. The normalized spacial score (nSPS) is 9.71. The van der Waals surface area contributed by atoms with E-state index >= 15 is 0 Å². The second-order valence-electron chi connectivity index (χ2n) is 2.85. The Balaban J connectivity index is 3.52. The molecule has 0 aliphatic heterocycles. The van der Waals surface area contributed by atoms with Crippen molar-refractivity contribution in [2.45, 2.75) is 0 Å². The number of hydrogen-bond acceptors (Lipinski definition) is 7. The van der Waals surface area contributed by atoms with Gasteiger partial charge in [0.2, 0.25) is 0 Å². The first kappa shape index (κ1) is 12.4. The summed E-state index contributed by atoms with van der Waals surface area (Å²) in [5, 5.41) is 32.3. The summed E-state index contributed by atoms with van der Waals surface area (Å²) in [5.74, 6) is -2.36. The van der Waals surface area contributed by atoms with Crippen molar-refractivity contribution in [3.05, 3.63) is 37.9 Å². The largest absolute Gasteiger partial charge is 0.863 e. The minimum atomic E-state index is -1.35. The van der Waals surface area contributed by atoms with E-state index in [1.54, 1.807) is 0 Å². The lowest BCUT2D eigenvalue weighted by Crippen LogP contribution is -2.07. The molecule has 17 heavy (non-hydrogen) atoms. The predicted octanol–water partition coefficient (Wildman–Crippen LogP) is 0.363. The molecule has 0 fully saturated rings. The van der Waals surface area contributed by atoms with Gasteiger partial charge in [-0.15, -0.1) is 0 Å². The van der Waals surface area contributed by atoms with E-state index in [9.17, 15) is 30.1 Å². The monoisotopic (exact) mass is 241 g/mol. The quantitative estimate of drug-likeness (QED) is 0.423. The van der Waals surface area contributed by atoms with Crippen molar-refractivity contribution < 1.29 is 24.5 Å². The third-order valence-electron chi connectivity index (χ3n) is 1.86. The molecule has 9 nitrogen and oxygen atoms in total. The highest BCUT2D eigenvalue weighted by Crippen LogP contribution is 2.34. The van der Waals surface area contributed by atoms with Gasteiger partial charge in [0.25, 0.3) is 11.4 Å². The molecule has 0 saturated carbocycles. The molecule has 0 aromatic heterocycles. The van der Waals surface area contributed by atoms with Crippen LogP contribution < -0.4 is 5.11 Å². The maximum atomic E-state index is 11.3. The Bertz CT molecular complexity index is 476. The van der Waals surface area contributed by atoms with Crippen LogP contribution in [0.4, 0.5) is 11.4 Å². The van der Waals surface area contributed by atoms with Gasteiger partial charge in [0.05, 0.1) is 28.3 Å². The third-order valence-corrected chi connectivity index (χ3v) is 1.86. The summed E-state index contributed by atoms with van der Waals surface area (Å²) in [6, 6.07) is 1.28. The number of rotatable bonds is 3. The van der Waals surface area contributed by atoms with Crippen LogP contribution in [0, 0.1) is 20.2 Å². The van der Waals surface area contributed by atoms with E-state index < -0.39 is 38.5 Å². The first-order valence-electron chi connectivity index (χ1n) is 4.10. The molecule has 0 amide bonds. The molecule has 1 rings (SSSR count). The SMILES string of the molecule is COC(=O)c1cc([N+](=O)[O-])c([O-])c([N+](=O)[O-])c1. The number of benzene rings is 1. The number of esters is 1. The molecule has 0 bridgehead atoms. The Morgan fingerprint density at radius 2 is 1.59 bits per heavy atom. The summed E-state index contributed by atoms with van der Waals surface area (Å²) in [5.41, 5.74) is -2.51. The number of hydrogen-bond donors (Lipinski definition) is 0. The number of nitrogens with zero attached hydrogens (tertiary/aromatic N) is 2. The molecule has 9 heteroatoms. The van der Waals surface area contributed by atoms with Crippen LogP contribution in [0.3, 0.4) is 0 Å². The molecule has 0 unspecified atom stereocenters. The highest BCUT2D eigenvalue weighted by Gasteiger charge is 2.22. The van der Waals surface area contributed by atoms with Crippen molar-refractivity contribution >= 4 is 17.3 Å². The van der Waals surface area contributed by atoms with Crippen molar-refractivity contribution in [3.63, 3.8) is 0 Å². The van der Waals surface area contributed by atoms with Crippen molar-refractivity contribution in [2.24, 2.45) is 0 Å². The van der Waals surface area contributed by atoms with Crippen LogP contribution in [0.2, 0.25) is 0 Å². The lowest BCUT2D eigenvalue weighted by atomic mass is 10.1. The molecule has 0 spiro atoms. The lowest BCUT2D eigenvalue weighted by Gasteiger charge is -2.08. The number of ether oxygens (including phenoxy) is 1. The zero-order valence-electron chi connectivity index (χ0n) is 8.41. The van der Waals surface area contributed by atoms with E-state index in [-0.39, 0.29) is 0 Å². The summed E-state index contributed by atoms with van der Waals surface area (Å²) in [6.07, 6.45) is 0. The summed E-state index contributed by atoms with van der Waals surface area (Å²) in [6.45, 7) is 0. The van der Waals surface area contributed by atoms with E-state index in [4.69, 9.17) is 0 Å². The van der Waals surface area contributed by atoms with Gasteiger partial charge in [-0.1, -0.05) is 0 Å². The Morgan fingerprint density at radius 1 is 1.18 bits per heavy atom. The van der Waals surface area contributed by atoms with Gasteiger partial charge in [0.1, 0.15) is 0 Å². The molecule has 1 aromatic rings. The summed E-state index contributed by atoms with van der Waals surface area (Å²) >= 11 is 0. The molecule has 0 radical (unpaired) electrons. The van der Waals surface area contributed by atoms with Gasteiger partial charge in [-0.25, -0.2) is 4.79 Å². The first-order chi connectivity index (χ1) is 7.88. The zero-order chi connectivity index (χ0) is 13.2. The third kappa shape index (κ3) is 2.27. The van der Waals surface area contributed by atoms with E-state index in [2.05, 4.69) is 4.74 Å². The van der Waals surface area contributed by atoms with Crippen LogP contribution in [-0.4, -0.2) is 22.9 Å². The van der Waals surface area contributed by atoms with Gasteiger partial charge in [-0.05, 0) is 0 Å². The van der Waals surface area contributed by atoms with Crippen LogP contribution in [0.15, 0.2) is 12.1 Å². The summed E-state index contributed by atoms with van der Waals surface area (Å²) in [4.78, 5) is 29.9. The highest BCUT2D eigenvalue weighted by atomic mass is 16.6. The van der Waals surface area contributed by atoms with Gasteiger partial charge in [-0.2, -0.15) is 0 Å². The first-order valence-corrected chi connectivity index (χ1v) is 4.10. The maximum absolute atomic E-state index is 11.3. The highest BCUT2D eigenvalue weighted by molar-refractivity contribution is 5.92. The van der Waals surface area contributed by atoms with Crippen molar-refractivity contribution in [1.29, 1.82) is 0 Å². The van der Waals surface area contributed by atoms with Crippen LogP contribution in [0.5, 0.6) is 5.75 Å². The Labute approximate surface area is 93.5 Å². The second kappa shape index (κ2) is 4.43. The molecule has 1 aromatic carbocycles. The number of nitro benzene ring substituents is 2. The van der Waals surface area contributed by atoms with Gasteiger partial charge < -0.3 is 9.84 Å². The summed E-state index contributed by atoms with van der Waals surface area (Å²) < 4.78 is 4.26. The van der Waals surface area contributed by atoms with Crippen LogP contribution in [-0.2, 0) is 4.74 Å². The van der Waals surface area contributed by atoms with E-state index in [0.29, 0.717) is 12.1 Å². The fourth-order valence-electron chi connectivity index (χ4n) is 1.11. The van der Waals surface area contributed by atoms with Gasteiger partial charge in [0, 0.05) is 12.1 Å². The molecule has 0 aliphatic carbocycles. The standard InChI is InChI=1S/C8H6N2O7/c1-17-8(12)4-2-5(9(13)14)7(11)6(3-4)10(15)16/h2-3,11H,1H3/p-1. The molecular weight excluding hydrogens is 236 g/mol. The molecule has 0 atom stereocenters. The van der Waals surface area contributed by atoms with E-state index in [1.807, 2.05) is 0 Å². The minimum Gasteiger partial charge on any atom is -0.863 e. The van der Waals surface area contributed by atoms with Crippen LogP contribution in [0.25, 0.3) is 0 Å². The second-order valence-corrected chi connectivity index (χ2v) is 2.85. The minimum absolute atomic E-state index is 0.425. The van der Waals surface area contributed by atoms with Gasteiger partial charge in [-0.3, -0.25) is 20.2 Å². The maximum Gasteiger partial charge on any atom is 0.338 e. The van der Waals surface area contributed by atoms with Gasteiger partial charge in [0.15, 0.2) is 0 Å². The van der Waals surface area contributed by atoms with Crippen LogP contribution in [0.1, 0.15) is 10.4 Å². The molecule has 0 heterocycles. The fraction of sp³-hybridized carbons (Fsp3) is 0.125. The number of methoxy groups -OCH3 is 1. The molecule has 0 N–H and O–H groups in total. The van der Waals surface area contributed by atoms with Crippen LogP contribution >= 0.6 is 0 Å². The topological polar surface area (TPSA) is 136 Å². The fourth-order valence-corrected chi connectivity index (χ4v) is 1.11. The number of carbonyl (C=O) groups excluding carboxylic acids is 1. The average Bonchev–Trinajstić information content (AvgIpc) is 2.27. The molecule has 90 valence electrons. The van der Waals surface area contributed by atoms with E-state index in [1.165, 1.54) is 0 Å². The Kier molecular flexibility index (Phi) is 3.22. The van der Waals surface area contributed by atoms with Crippen molar-refractivity contribution in [3.8, 4) is 5.75 Å². The smallest absolute Gasteiger partial charge is 0.338 e.